The summed E-state index contributed by atoms with van der Waals surface area (Å²) < 4.78 is 0. The Balaban J connectivity index is 2.14. The molecular formula is C17H17NO3. The van der Waals surface area contributed by atoms with Gasteiger partial charge in [0.05, 0.1) is 11.1 Å². The molecule has 0 heterocycles. The molecule has 0 saturated carbocycles. The lowest BCUT2D eigenvalue weighted by Gasteiger charge is -2.10. The topological polar surface area (TPSA) is 66.4 Å². The molecule has 0 radical (unpaired) electrons. The Labute approximate surface area is 123 Å². The second-order valence-corrected chi connectivity index (χ2v) is 4.66. The smallest absolute Gasteiger partial charge is 0.336 e. The van der Waals surface area contributed by atoms with Gasteiger partial charge in [-0.05, 0) is 29.7 Å². The Kier molecular flexibility index (Phi) is 4.72. The van der Waals surface area contributed by atoms with Gasteiger partial charge in [-0.1, -0.05) is 43.3 Å². The fraction of sp³-hybridized carbons (Fsp3) is 0.176. The van der Waals surface area contributed by atoms with Crippen LogP contribution in [0.3, 0.4) is 0 Å². The molecule has 0 aliphatic rings. The van der Waals surface area contributed by atoms with E-state index in [1.54, 1.807) is 12.1 Å². The van der Waals surface area contributed by atoms with E-state index in [9.17, 15) is 9.59 Å². The molecule has 0 atom stereocenters. The highest BCUT2D eigenvalue weighted by molar-refractivity contribution is 6.04. The second kappa shape index (κ2) is 6.70. The standard InChI is InChI=1S/C17H17NO3/c1-2-12-7-3-4-8-13(12)11-18-16(19)14-9-5-6-10-15(14)17(20)21/h3-10H,2,11H2,1H3,(H,18,19)(H,20,21). The van der Waals surface area contributed by atoms with Gasteiger partial charge in [0.2, 0.25) is 0 Å². The minimum atomic E-state index is -1.10. The van der Waals surface area contributed by atoms with E-state index in [0.29, 0.717) is 6.54 Å². The van der Waals surface area contributed by atoms with E-state index in [1.165, 1.54) is 17.7 Å². The van der Waals surface area contributed by atoms with Crippen LogP contribution in [-0.2, 0) is 13.0 Å². The van der Waals surface area contributed by atoms with Crippen LogP contribution in [0.5, 0.6) is 0 Å². The predicted octanol–water partition coefficient (Wildman–Crippen LogP) is 2.88. The molecule has 0 unspecified atom stereocenters. The van der Waals surface area contributed by atoms with Gasteiger partial charge in [0.1, 0.15) is 0 Å². The Morgan fingerprint density at radius 3 is 2.14 bits per heavy atom. The number of carboxylic acids is 1. The largest absolute Gasteiger partial charge is 0.478 e. The van der Waals surface area contributed by atoms with Gasteiger partial charge in [-0.3, -0.25) is 4.79 Å². The maximum Gasteiger partial charge on any atom is 0.336 e. The normalized spacial score (nSPS) is 10.1. The van der Waals surface area contributed by atoms with E-state index in [1.807, 2.05) is 24.3 Å². The number of aromatic carboxylic acids is 1. The van der Waals surface area contributed by atoms with Gasteiger partial charge in [-0.2, -0.15) is 0 Å². The van der Waals surface area contributed by atoms with Crippen molar-refractivity contribution in [1.82, 2.24) is 5.32 Å². The summed E-state index contributed by atoms with van der Waals surface area (Å²) in [7, 11) is 0. The number of benzene rings is 2. The summed E-state index contributed by atoms with van der Waals surface area (Å²) in [6.07, 6.45) is 0.887. The summed E-state index contributed by atoms with van der Waals surface area (Å²) in [5, 5.41) is 11.9. The minimum absolute atomic E-state index is 0.0128. The van der Waals surface area contributed by atoms with Crippen LogP contribution in [0.2, 0.25) is 0 Å². The molecule has 4 heteroatoms. The molecule has 2 rings (SSSR count). The molecule has 21 heavy (non-hydrogen) atoms. The molecule has 1 amide bonds. The molecule has 0 spiro atoms. The van der Waals surface area contributed by atoms with E-state index in [-0.39, 0.29) is 17.0 Å². The van der Waals surface area contributed by atoms with Crippen LogP contribution in [0.1, 0.15) is 38.8 Å². The summed E-state index contributed by atoms with van der Waals surface area (Å²) in [5.74, 6) is -1.48. The van der Waals surface area contributed by atoms with Crippen molar-refractivity contribution in [3.8, 4) is 0 Å². The highest BCUT2D eigenvalue weighted by Crippen LogP contribution is 2.11. The number of aryl methyl sites for hydroxylation is 1. The van der Waals surface area contributed by atoms with Gasteiger partial charge >= 0.3 is 5.97 Å². The molecule has 0 aliphatic carbocycles. The number of rotatable bonds is 5. The van der Waals surface area contributed by atoms with Crippen molar-refractivity contribution in [2.24, 2.45) is 0 Å². The molecular weight excluding hydrogens is 266 g/mol. The van der Waals surface area contributed by atoms with Crippen molar-refractivity contribution in [2.75, 3.05) is 0 Å². The van der Waals surface area contributed by atoms with Crippen molar-refractivity contribution in [3.63, 3.8) is 0 Å². The van der Waals surface area contributed by atoms with Crippen LogP contribution in [0.4, 0.5) is 0 Å². The van der Waals surface area contributed by atoms with Crippen molar-refractivity contribution < 1.29 is 14.7 Å². The molecule has 0 saturated heterocycles. The molecule has 2 aromatic carbocycles. The quantitative estimate of drug-likeness (QED) is 0.886. The van der Waals surface area contributed by atoms with Crippen LogP contribution in [0.15, 0.2) is 48.5 Å². The Morgan fingerprint density at radius 2 is 1.52 bits per heavy atom. The molecule has 0 aliphatic heterocycles. The van der Waals surface area contributed by atoms with Crippen LogP contribution in [0.25, 0.3) is 0 Å². The van der Waals surface area contributed by atoms with E-state index >= 15 is 0 Å². The third-order valence-corrected chi connectivity index (χ3v) is 3.34. The van der Waals surface area contributed by atoms with Crippen LogP contribution in [-0.4, -0.2) is 17.0 Å². The SMILES string of the molecule is CCc1ccccc1CNC(=O)c1ccccc1C(=O)O. The average molecular weight is 283 g/mol. The first kappa shape index (κ1) is 14.8. The monoisotopic (exact) mass is 283 g/mol. The summed E-state index contributed by atoms with van der Waals surface area (Å²) in [5.41, 5.74) is 2.41. The Bertz CT molecular complexity index is 665. The summed E-state index contributed by atoms with van der Waals surface area (Å²) >= 11 is 0. The Morgan fingerprint density at radius 1 is 0.952 bits per heavy atom. The molecule has 0 bridgehead atoms. The lowest BCUT2D eigenvalue weighted by molar-refractivity contribution is 0.0691. The number of hydrogen-bond acceptors (Lipinski definition) is 2. The fourth-order valence-corrected chi connectivity index (χ4v) is 2.21. The minimum Gasteiger partial charge on any atom is -0.478 e. The molecule has 2 aromatic rings. The van der Waals surface area contributed by atoms with E-state index < -0.39 is 5.97 Å². The van der Waals surface area contributed by atoms with E-state index in [4.69, 9.17) is 5.11 Å². The molecule has 0 aromatic heterocycles. The van der Waals surface area contributed by atoms with Crippen LogP contribution in [0, 0.1) is 0 Å². The number of amides is 1. The maximum absolute atomic E-state index is 12.2. The summed E-state index contributed by atoms with van der Waals surface area (Å²) in [4.78, 5) is 23.3. The first-order valence-electron chi connectivity index (χ1n) is 6.80. The molecule has 108 valence electrons. The first-order valence-corrected chi connectivity index (χ1v) is 6.80. The first-order chi connectivity index (χ1) is 10.1. The third-order valence-electron chi connectivity index (χ3n) is 3.34. The lowest BCUT2D eigenvalue weighted by Crippen LogP contribution is -2.25. The zero-order chi connectivity index (χ0) is 15.2. The van der Waals surface area contributed by atoms with Crippen molar-refractivity contribution >= 4 is 11.9 Å². The Hall–Kier alpha value is -2.62. The second-order valence-electron chi connectivity index (χ2n) is 4.66. The lowest BCUT2D eigenvalue weighted by atomic mass is 10.0. The predicted molar refractivity (Wildman–Crippen MR) is 80.4 cm³/mol. The van der Waals surface area contributed by atoms with Crippen LogP contribution < -0.4 is 5.32 Å². The number of hydrogen-bond donors (Lipinski definition) is 2. The van der Waals surface area contributed by atoms with Gasteiger partial charge in [-0.25, -0.2) is 4.79 Å². The van der Waals surface area contributed by atoms with Crippen molar-refractivity contribution in [1.29, 1.82) is 0 Å². The van der Waals surface area contributed by atoms with E-state index in [2.05, 4.69) is 12.2 Å². The zero-order valence-electron chi connectivity index (χ0n) is 11.8. The van der Waals surface area contributed by atoms with Gasteiger partial charge in [0, 0.05) is 6.54 Å². The third kappa shape index (κ3) is 3.48. The summed E-state index contributed by atoms with van der Waals surface area (Å²) in [6.45, 7) is 2.44. The maximum atomic E-state index is 12.2. The molecule has 2 N–H and O–H groups in total. The highest BCUT2D eigenvalue weighted by atomic mass is 16.4. The van der Waals surface area contributed by atoms with Gasteiger partial charge in [0.15, 0.2) is 0 Å². The number of carboxylic acid groups (broad SMARTS) is 1. The molecule has 4 nitrogen and oxygen atoms in total. The summed E-state index contributed by atoms with van der Waals surface area (Å²) in [6, 6.07) is 14.1. The highest BCUT2D eigenvalue weighted by Gasteiger charge is 2.15. The average Bonchev–Trinajstić information content (AvgIpc) is 2.52. The van der Waals surface area contributed by atoms with Crippen LogP contribution >= 0.6 is 0 Å². The van der Waals surface area contributed by atoms with Gasteiger partial charge in [-0.15, -0.1) is 0 Å². The van der Waals surface area contributed by atoms with Gasteiger partial charge < -0.3 is 10.4 Å². The van der Waals surface area contributed by atoms with E-state index in [0.717, 1.165) is 12.0 Å². The number of nitrogens with one attached hydrogen (secondary N) is 1. The van der Waals surface area contributed by atoms with Crippen molar-refractivity contribution in [3.05, 3.63) is 70.8 Å². The van der Waals surface area contributed by atoms with Crippen molar-refractivity contribution in [2.45, 2.75) is 19.9 Å². The fourth-order valence-electron chi connectivity index (χ4n) is 2.21. The molecule has 0 fully saturated rings. The van der Waals surface area contributed by atoms with Gasteiger partial charge in [0.25, 0.3) is 5.91 Å². The number of carbonyl (C=O) groups is 2. The number of carbonyl (C=O) groups excluding carboxylic acids is 1. The zero-order valence-corrected chi connectivity index (χ0v) is 11.8.